The number of carbonyl (C=O) groups excluding carboxylic acids is 2. The Labute approximate surface area is 131 Å². The molecule has 0 aromatic heterocycles. The third-order valence-corrected chi connectivity index (χ3v) is 4.26. The molecule has 2 atom stereocenters. The number of unbranched alkanes of at least 4 members (excludes halogenated alkanes) is 1. The number of nitrogens with two attached hydrogens (primary N) is 1. The summed E-state index contributed by atoms with van der Waals surface area (Å²) in [6.07, 6.45) is 2.39. The van der Waals surface area contributed by atoms with Crippen molar-refractivity contribution in [3.63, 3.8) is 0 Å². The van der Waals surface area contributed by atoms with Gasteiger partial charge in [-0.3, -0.25) is 9.69 Å². The lowest BCUT2D eigenvalue weighted by molar-refractivity contribution is -0.141. The first-order chi connectivity index (χ1) is 10.6. The van der Waals surface area contributed by atoms with E-state index in [4.69, 9.17) is 15.2 Å². The maximum Gasteiger partial charge on any atom is 0.411 e. The van der Waals surface area contributed by atoms with E-state index in [0.29, 0.717) is 45.9 Å². The maximum absolute atomic E-state index is 12.5. The highest BCUT2D eigenvalue weighted by atomic mass is 16.6. The third-order valence-electron chi connectivity index (χ3n) is 4.26. The fourth-order valence-electron chi connectivity index (χ4n) is 2.83. The number of piperidine rings is 1. The minimum Gasteiger partial charge on any atom is -0.449 e. The average Bonchev–Trinajstić information content (AvgIpc) is 2.55. The van der Waals surface area contributed by atoms with E-state index in [1.807, 2.05) is 11.8 Å². The first-order valence-corrected chi connectivity index (χ1v) is 8.19. The van der Waals surface area contributed by atoms with Gasteiger partial charge in [0.15, 0.2) is 0 Å². The molecule has 7 heteroatoms. The Hall–Kier alpha value is -1.34. The van der Waals surface area contributed by atoms with Crippen LogP contribution in [0, 0.1) is 5.92 Å². The normalized spacial score (nSPS) is 25.9. The second-order valence-electron chi connectivity index (χ2n) is 5.90. The van der Waals surface area contributed by atoms with Gasteiger partial charge in [-0.2, -0.15) is 0 Å². The zero-order valence-electron chi connectivity index (χ0n) is 13.3. The first kappa shape index (κ1) is 17.0. The van der Waals surface area contributed by atoms with E-state index >= 15 is 0 Å². The third kappa shape index (κ3) is 4.33. The van der Waals surface area contributed by atoms with Crippen LogP contribution in [-0.2, 0) is 14.3 Å². The monoisotopic (exact) mass is 313 g/mol. The molecule has 126 valence electrons. The van der Waals surface area contributed by atoms with Crippen LogP contribution < -0.4 is 5.73 Å². The Morgan fingerprint density at radius 2 is 2.00 bits per heavy atom. The number of carbonyl (C=O) groups is 2. The van der Waals surface area contributed by atoms with Gasteiger partial charge in [0.2, 0.25) is 5.91 Å². The van der Waals surface area contributed by atoms with Crippen molar-refractivity contribution in [2.24, 2.45) is 11.7 Å². The van der Waals surface area contributed by atoms with Gasteiger partial charge in [-0.25, -0.2) is 4.79 Å². The van der Waals surface area contributed by atoms with Gasteiger partial charge in [0.05, 0.1) is 31.9 Å². The predicted molar refractivity (Wildman–Crippen MR) is 81.1 cm³/mol. The number of rotatable bonds is 4. The first-order valence-electron chi connectivity index (χ1n) is 8.19. The smallest absolute Gasteiger partial charge is 0.411 e. The minimum atomic E-state index is -0.402. The highest BCUT2D eigenvalue weighted by Gasteiger charge is 2.36. The second-order valence-corrected chi connectivity index (χ2v) is 5.90. The van der Waals surface area contributed by atoms with Gasteiger partial charge >= 0.3 is 6.09 Å². The fraction of sp³-hybridized carbons (Fsp3) is 0.867. The van der Waals surface area contributed by atoms with Crippen molar-refractivity contribution >= 4 is 12.0 Å². The zero-order valence-corrected chi connectivity index (χ0v) is 13.3. The molecule has 22 heavy (non-hydrogen) atoms. The van der Waals surface area contributed by atoms with Gasteiger partial charge in [0.25, 0.3) is 0 Å². The van der Waals surface area contributed by atoms with Crippen LogP contribution in [0.3, 0.4) is 0 Å². The number of morpholine rings is 1. The van der Waals surface area contributed by atoms with Crippen molar-refractivity contribution in [2.45, 2.75) is 38.8 Å². The highest BCUT2D eigenvalue weighted by Crippen LogP contribution is 2.22. The molecule has 0 spiro atoms. The van der Waals surface area contributed by atoms with Gasteiger partial charge in [0.1, 0.15) is 0 Å². The Morgan fingerprint density at radius 3 is 2.68 bits per heavy atom. The molecule has 2 saturated heterocycles. The van der Waals surface area contributed by atoms with Gasteiger partial charge in [-0.15, -0.1) is 0 Å². The summed E-state index contributed by atoms with van der Waals surface area (Å²) in [5.41, 5.74) is 6.01. The fourth-order valence-corrected chi connectivity index (χ4v) is 2.83. The van der Waals surface area contributed by atoms with E-state index in [-0.39, 0.29) is 18.0 Å². The minimum absolute atomic E-state index is 0.0987. The van der Waals surface area contributed by atoms with Crippen molar-refractivity contribution in [3.8, 4) is 0 Å². The Bertz CT molecular complexity index is 385. The molecule has 0 bridgehead atoms. The van der Waals surface area contributed by atoms with Crippen molar-refractivity contribution in [2.75, 3.05) is 39.5 Å². The summed E-state index contributed by atoms with van der Waals surface area (Å²) in [4.78, 5) is 28.0. The molecular formula is C15H27N3O4. The molecule has 0 aliphatic carbocycles. The summed E-state index contributed by atoms with van der Waals surface area (Å²) in [5.74, 6) is -0.0850. The lowest BCUT2D eigenvalue weighted by Crippen LogP contribution is -2.55. The topological polar surface area (TPSA) is 85.1 Å². The standard InChI is InChI=1S/C15H27N3O4/c1-2-3-8-22-15(20)18-11-12(4-5-13(18)16)14(19)17-6-9-21-10-7-17/h12-13H,2-11,16H2,1H3. The van der Waals surface area contributed by atoms with E-state index in [1.54, 1.807) is 0 Å². The predicted octanol–water partition coefficient (Wildman–Crippen LogP) is 0.779. The van der Waals surface area contributed by atoms with E-state index < -0.39 is 6.09 Å². The van der Waals surface area contributed by atoms with Crippen LogP contribution in [0.4, 0.5) is 4.79 Å². The molecule has 2 aliphatic rings. The van der Waals surface area contributed by atoms with Crippen LogP contribution in [0.2, 0.25) is 0 Å². The molecule has 2 unspecified atom stereocenters. The lowest BCUT2D eigenvalue weighted by atomic mass is 9.95. The summed E-state index contributed by atoms with van der Waals surface area (Å²) in [6, 6.07) is 0. The Balaban J connectivity index is 1.89. The van der Waals surface area contributed by atoms with Crippen LogP contribution in [0.15, 0.2) is 0 Å². The average molecular weight is 313 g/mol. The maximum atomic E-state index is 12.5. The van der Waals surface area contributed by atoms with E-state index in [2.05, 4.69) is 0 Å². The van der Waals surface area contributed by atoms with Crippen LogP contribution in [0.5, 0.6) is 0 Å². The largest absolute Gasteiger partial charge is 0.449 e. The second kappa shape index (κ2) is 8.33. The van der Waals surface area contributed by atoms with Crippen molar-refractivity contribution < 1.29 is 19.1 Å². The molecule has 0 radical (unpaired) electrons. The molecule has 0 aromatic carbocycles. The molecule has 2 rings (SSSR count). The van der Waals surface area contributed by atoms with Gasteiger partial charge < -0.3 is 20.1 Å². The number of amides is 2. The van der Waals surface area contributed by atoms with E-state index in [9.17, 15) is 9.59 Å². The molecule has 0 aromatic rings. The summed E-state index contributed by atoms with van der Waals surface area (Å²) in [6.45, 7) is 5.21. The molecule has 7 nitrogen and oxygen atoms in total. The number of hydrogen-bond acceptors (Lipinski definition) is 5. The Kier molecular flexibility index (Phi) is 6.45. The summed E-state index contributed by atoms with van der Waals surface area (Å²) in [5, 5.41) is 0. The molecule has 2 amide bonds. The SMILES string of the molecule is CCCCOC(=O)N1CC(C(=O)N2CCOCC2)CCC1N. The zero-order chi connectivity index (χ0) is 15.9. The van der Waals surface area contributed by atoms with Crippen LogP contribution in [0.25, 0.3) is 0 Å². The molecule has 2 heterocycles. The highest BCUT2D eigenvalue weighted by molar-refractivity contribution is 5.80. The quantitative estimate of drug-likeness (QED) is 0.775. The van der Waals surface area contributed by atoms with Crippen molar-refractivity contribution in [1.29, 1.82) is 0 Å². The van der Waals surface area contributed by atoms with Crippen molar-refractivity contribution in [3.05, 3.63) is 0 Å². The number of likely N-dealkylation sites (tertiary alicyclic amines) is 1. The van der Waals surface area contributed by atoms with Gasteiger partial charge in [-0.05, 0) is 19.3 Å². The summed E-state index contributed by atoms with van der Waals surface area (Å²) in [7, 11) is 0. The Morgan fingerprint density at radius 1 is 1.27 bits per heavy atom. The molecule has 2 N–H and O–H groups in total. The number of nitrogens with zero attached hydrogens (tertiary/aromatic N) is 2. The molecule has 0 saturated carbocycles. The van der Waals surface area contributed by atoms with E-state index in [0.717, 1.165) is 19.3 Å². The molecule has 2 aliphatic heterocycles. The number of ether oxygens (including phenoxy) is 2. The molecule has 2 fully saturated rings. The van der Waals surface area contributed by atoms with Crippen molar-refractivity contribution in [1.82, 2.24) is 9.80 Å². The van der Waals surface area contributed by atoms with E-state index in [1.165, 1.54) is 4.90 Å². The summed E-state index contributed by atoms with van der Waals surface area (Å²) < 4.78 is 10.5. The van der Waals surface area contributed by atoms with Crippen LogP contribution in [0.1, 0.15) is 32.6 Å². The van der Waals surface area contributed by atoms with Gasteiger partial charge in [0, 0.05) is 19.6 Å². The van der Waals surface area contributed by atoms with Gasteiger partial charge in [-0.1, -0.05) is 13.3 Å². The van der Waals surface area contributed by atoms with Crippen LogP contribution >= 0.6 is 0 Å². The lowest BCUT2D eigenvalue weighted by Gasteiger charge is -2.38. The molecular weight excluding hydrogens is 286 g/mol. The van der Waals surface area contributed by atoms with Crippen LogP contribution in [-0.4, -0.2) is 67.4 Å². The number of hydrogen-bond donors (Lipinski definition) is 1. The summed E-state index contributed by atoms with van der Waals surface area (Å²) >= 11 is 0.